The van der Waals surface area contributed by atoms with Crippen molar-refractivity contribution in [3.05, 3.63) is 99.5 Å². The van der Waals surface area contributed by atoms with Crippen LogP contribution in [0.5, 0.6) is 5.75 Å². The van der Waals surface area contributed by atoms with E-state index in [0.29, 0.717) is 21.7 Å². The zero-order chi connectivity index (χ0) is 24.5. The van der Waals surface area contributed by atoms with Crippen molar-refractivity contribution in [2.24, 2.45) is 0 Å². The Morgan fingerprint density at radius 1 is 0.941 bits per heavy atom. The third kappa shape index (κ3) is 4.11. The van der Waals surface area contributed by atoms with Gasteiger partial charge >= 0.3 is 5.97 Å². The van der Waals surface area contributed by atoms with Gasteiger partial charge in [-0.05, 0) is 65.3 Å². The van der Waals surface area contributed by atoms with Crippen molar-refractivity contribution in [3.8, 4) is 5.75 Å². The van der Waals surface area contributed by atoms with E-state index in [9.17, 15) is 4.79 Å². The minimum Gasteiger partial charge on any atom is -0.497 e. The molecule has 176 valence electrons. The molecule has 0 spiro atoms. The van der Waals surface area contributed by atoms with Gasteiger partial charge in [-0.2, -0.15) is 0 Å². The van der Waals surface area contributed by atoms with Crippen molar-refractivity contribution in [3.63, 3.8) is 0 Å². The van der Waals surface area contributed by atoms with E-state index in [1.807, 2.05) is 77.5 Å². The molecule has 0 N–H and O–H groups in total. The SMILES string of the molecule is COC(=O)[C@@]1(c2ccc(Cl)cc2)[C@@H](c2ccc(Cl)cc2)N(Cc2ccc(OC)cc2)C(=S)N1C. The topological polar surface area (TPSA) is 42.0 Å². The molecule has 0 aromatic heterocycles. The van der Waals surface area contributed by atoms with Crippen LogP contribution in [0, 0.1) is 0 Å². The average molecular weight is 515 g/mol. The summed E-state index contributed by atoms with van der Waals surface area (Å²) in [5.74, 6) is 0.348. The van der Waals surface area contributed by atoms with Gasteiger partial charge in [0.25, 0.3) is 0 Å². The van der Waals surface area contributed by atoms with Gasteiger partial charge in [0.1, 0.15) is 5.75 Å². The molecule has 2 atom stereocenters. The molecular formula is C26H24Cl2N2O3S. The molecule has 1 fully saturated rings. The summed E-state index contributed by atoms with van der Waals surface area (Å²) < 4.78 is 10.7. The monoisotopic (exact) mass is 514 g/mol. The number of rotatable bonds is 6. The van der Waals surface area contributed by atoms with Crippen LogP contribution < -0.4 is 4.74 Å². The summed E-state index contributed by atoms with van der Waals surface area (Å²) in [5.41, 5.74) is 1.39. The predicted molar refractivity (Wildman–Crippen MR) is 138 cm³/mol. The lowest BCUT2D eigenvalue weighted by Crippen LogP contribution is -2.50. The molecule has 3 aromatic rings. The highest BCUT2D eigenvalue weighted by Gasteiger charge is 2.61. The maximum Gasteiger partial charge on any atom is 0.339 e. The first-order valence-electron chi connectivity index (χ1n) is 10.6. The number of carbonyl (C=O) groups is 1. The fraction of sp³-hybridized carbons (Fsp3) is 0.231. The van der Waals surface area contributed by atoms with Gasteiger partial charge in [0.2, 0.25) is 0 Å². The predicted octanol–water partition coefficient (Wildman–Crippen LogP) is 5.84. The molecule has 1 saturated heterocycles. The van der Waals surface area contributed by atoms with E-state index < -0.39 is 17.6 Å². The van der Waals surface area contributed by atoms with Crippen molar-refractivity contribution >= 4 is 46.5 Å². The number of esters is 1. The second-order valence-electron chi connectivity index (χ2n) is 8.04. The third-order valence-corrected chi connectivity index (χ3v) is 7.26. The van der Waals surface area contributed by atoms with Gasteiger partial charge < -0.3 is 19.3 Å². The molecule has 3 aromatic carbocycles. The lowest BCUT2D eigenvalue weighted by molar-refractivity contribution is -0.154. The normalized spacial score (nSPS) is 19.9. The molecule has 1 heterocycles. The average Bonchev–Trinajstić information content (AvgIpc) is 3.07. The Labute approximate surface area is 214 Å². The van der Waals surface area contributed by atoms with E-state index >= 15 is 0 Å². The second-order valence-corrected chi connectivity index (χ2v) is 9.27. The summed E-state index contributed by atoms with van der Waals surface area (Å²) in [7, 11) is 4.85. The number of likely N-dealkylation sites (N-methyl/N-ethyl adjacent to an activating group) is 1. The molecule has 4 rings (SSSR count). The highest BCUT2D eigenvalue weighted by molar-refractivity contribution is 7.80. The summed E-state index contributed by atoms with van der Waals surface area (Å²) in [5, 5.41) is 1.70. The number of ether oxygens (including phenoxy) is 2. The molecule has 0 radical (unpaired) electrons. The Kier molecular flexibility index (Phi) is 7.03. The second kappa shape index (κ2) is 9.82. The minimum atomic E-state index is -1.24. The first-order valence-corrected chi connectivity index (χ1v) is 11.8. The fourth-order valence-electron chi connectivity index (χ4n) is 4.59. The number of hydrogen-bond donors (Lipinski definition) is 0. The minimum absolute atomic E-state index is 0.420. The van der Waals surface area contributed by atoms with E-state index in [2.05, 4.69) is 0 Å². The number of benzene rings is 3. The number of carbonyl (C=O) groups excluding carboxylic acids is 1. The molecule has 1 aliphatic heterocycles. The molecular weight excluding hydrogens is 491 g/mol. The molecule has 8 heteroatoms. The number of thiocarbonyl (C=S) groups is 1. The molecule has 0 aliphatic carbocycles. The van der Waals surface area contributed by atoms with Crippen LogP contribution in [-0.4, -0.2) is 42.1 Å². The zero-order valence-corrected chi connectivity index (χ0v) is 21.3. The highest BCUT2D eigenvalue weighted by atomic mass is 35.5. The van der Waals surface area contributed by atoms with Gasteiger partial charge in [0.15, 0.2) is 10.7 Å². The number of nitrogens with zero attached hydrogens (tertiary/aromatic N) is 2. The molecule has 5 nitrogen and oxygen atoms in total. The summed E-state index contributed by atoms with van der Waals surface area (Å²) >= 11 is 18.3. The van der Waals surface area contributed by atoms with Gasteiger partial charge in [0.05, 0.1) is 20.3 Å². The fourth-order valence-corrected chi connectivity index (χ4v) is 5.16. The summed E-state index contributed by atoms with van der Waals surface area (Å²) in [6.45, 7) is 0.479. The van der Waals surface area contributed by atoms with Crippen LogP contribution in [0.15, 0.2) is 72.8 Å². The van der Waals surface area contributed by atoms with Crippen molar-refractivity contribution in [1.82, 2.24) is 9.80 Å². The van der Waals surface area contributed by atoms with Crippen molar-refractivity contribution in [2.45, 2.75) is 18.1 Å². The molecule has 34 heavy (non-hydrogen) atoms. The highest BCUT2D eigenvalue weighted by Crippen LogP contribution is 2.51. The zero-order valence-electron chi connectivity index (χ0n) is 19.0. The van der Waals surface area contributed by atoms with Crippen molar-refractivity contribution < 1.29 is 14.3 Å². The van der Waals surface area contributed by atoms with Crippen LogP contribution in [-0.2, 0) is 21.6 Å². The quantitative estimate of drug-likeness (QED) is 0.303. The van der Waals surface area contributed by atoms with Gasteiger partial charge in [0, 0.05) is 23.6 Å². The van der Waals surface area contributed by atoms with Crippen LogP contribution in [0.2, 0.25) is 10.0 Å². The van der Waals surface area contributed by atoms with Crippen LogP contribution in [0.1, 0.15) is 22.7 Å². The van der Waals surface area contributed by atoms with Crippen molar-refractivity contribution in [1.29, 1.82) is 0 Å². The van der Waals surface area contributed by atoms with Gasteiger partial charge in [-0.15, -0.1) is 0 Å². The first kappa shape index (κ1) is 24.3. The number of halogens is 2. The number of methoxy groups -OCH3 is 2. The molecule has 0 saturated carbocycles. The van der Waals surface area contributed by atoms with Crippen LogP contribution in [0.3, 0.4) is 0 Å². The first-order chi connectivity index (χ1) is 16.3. The molecule has 0 unspecified atom stereocenters. The Balaban J connectivity index is 1.92. The maximum atomic E-state index is 13.7. The van der Waals surface area contributed by atoms with Gasteiger partial charge in [-0.1, -0.05) is 59.6 Å². The Bertz CT molecular complexity index is 1190. The van der Waals surface area contributed by atoms with E-state index in [1.54, 1.807) is 19.2 Å². The van der Waals surface area contributed by atoms with Gasteiger partial charge in [-0.25, -0.2) is 4.79 Å². The lowest BCUT2D eigenvalue weighted by Gasteiger charge is -2.38. The largest absolute Gasteiger partial charge is 0.497 e. The standard InChI is InChI=1S/C26H24Cl2N2O3S/c1-29-25(34)30(16-17-4-14-22(32-2)15-5-17)23(18-6-10-20(27)11-7-18)26(29,24(31)33-3)19-8-12-21(28)13-9-19/h4-15,23H,16H2,1-3H3/t23-,26-/m1/s1. The Hall–Kier alpha value is -2.80. The van der Waals surface area contributed by atoms with E-state index in [4.69, 9.17) is 44.9 Å². The molecule has 0 bridgehead atoms. The van der Waals surface area contributed by atoms with Crippen LogP contribution in [0.4, 0.5) is 0 Å². The maximum absolute atomic E-state index is 13.7. The Morgan fingerprint density at radius 2 is 1.50 bits per heavy atom. The van der Waals surface area contributed by atoms with Crippen LogP contribution in [0.25, 0.3) is 0 Å². The van der Waals surface area contributed by atoms with E-state index in [-0.39, 0.29) is 0 Å². The number of hydrogen-bond acceptors (Lipinski definition) is 4. The smallest absolute Gasteiger partial charge is 0.339 e. The Morgan fingerprint density at radius 3 is 2.03 bits per heavy atom. The summed E-state index contributed by atoms with van der Waals surface area (Å²) in [4.78, 5) is 17.6. The van der Waals surface area contributed by atoms with Gasteiger partial charge in [-0.3, -0.25) is 0 Å². The summed E-state index contributed by atoms with van der Waals surface area (Å²) in [6.07, 6.45) is 0. The van der Waals surface area contributed by atoms with Crippen LogP contribution >= 0.6 is 35.4 Å². The third-order valence-electron chi connectivity index (χ3n) is 6.25. The summed E-state index contributed by atoms with van der Waals surface area (Å²) in [6, 6.07) is 22.0. The van der Waals surface area contributed by atoms with E-state index in [1.165, 1.54) is 7.11 Å². The molecule has 0 amide bonds. The molecule has 1 aliphatic rings. The van der Waals surface area contributed by atoms with Crippen molar-refractivity contribution in [2.75, 3.05) is 21.3 Å². The van der Waals surface area contributed by atoms with E-state index in [0.717, 1.165) is 22.4 Å². The lowest BCUT2D eigenvalue weighted by atomic mass is 9.79.